The van der Waals surface area contributed by atoms with Gasteiger partial charge in [0.25, 0.3) is 0 Å². The van der Waals surface area contributed by atoms with E-state index in [1.165, 1.54) is 10.4 Å². The molecule has 8 heteroatoms. The topological polar surface area (TPSA) is 83.4 Å². The number of aliphatic imine (C=N–C) groups is 1. The molecule has 0 saturated heterocycles. The molecular weight excluding hydrogens is 372 g/mol. The molecule has 1 atom stereocenters. The van der Waals surface area contributed by atoms with Crippen LogP contribution in [0.5, 0.6) is 0 Å². The number of fused-ring (bicyclic) bond motifs is 4. The lowest BCUT2D eigenvalue weighted by Crippen LogP contribution is -2.32. The van der Waals surface area contributed by atoms with E-state index in [1.807, 2.05) is 26.5 Å². The van der Waals surface area contributed by atoms with Gasteiger partial charge >= 0.3 is 0 Å². The minimum absolute atomic E-state index is 0.0557. The Morgan fingerprint density at radius 1 is 1.29 bits per heavy atom. The molecule has 0 aromatic carbocycles. The van der Waals surface area contributed by atoms with Gasteiger partial charge < -0.3 is 10.2 Å². The fourth-order valence-corrected chi connectivity index (χ4v) is 5.24. The first-order valence-electron chi connectivity index (χ1n) is 9.32. The highest BCUT2D eigenvalue weighted by atomic mass is 32.1. The van der Waals surface area contributed by atoms with Crippen molar-refractivity contribution in [3.63, 3.8) is 0 Å². The van der Waals surface area contributed by atoms with Crippen LogP contribution in [-0.2, 0) is 24.2 Å². The molecule has 142 valence electrons. The normalized spacial score (nSPS) is 17.4. The second-order valence-corrected chi connectivity index (χ2v) is 8.52. The second-order valence-electron chi connectivity index (χ2n) is 7.43. The summed E-state index contributed by atoms with van der Waals surface area (Å²) in [5.74, 6) is 1.06. The van der Waals surface area contributed by atoms with Gasteiger partial charge in [-0.25, -0.2) is 9.97 Å². The third-order valence-electron chi connectivity index (χ3n) is 5.37. The van der Waals surface area contributed by atoms with E-state index in [4.69, 9.17) is 0 Å². The van der Waals surface area contributed by atoms with Crippen LogP contribution in [0.15, 0.2) is 23.6 Å². The van der Waals surface area contributed by atoms with Crippen LogP contribution in [0.2, 0.25) is 0 Å². The molecule has 3 aromatic heterocycles. The van der Waals surface area contributed by atoms with Gasteiger partial charge in [0.05, 0.1) is 29.5 Å². The van der Waals surface area contributed by atoms with Crippen LogP contribution in [0.3, 0.4) is 0 Å². The lowest BCUT2D eigenvalue weighted by atomic mass is 9.87. The first kappa shape index (κ1) is 17.2. The summed E-state index contributed by atoms with van der Waals surface area (Å²) in [6.07, 6.45) is 7.79. The first-order chi connectivity index (χ1) is 13.6. The predicted molar refractivity (Wildman–Crippen MR) is 110 cm³/mol. The fraction of sp³-hybridized carbons (Fsp3) is 0.350. The molecule has 0 fully saturated rings. The molecule has 1 unspecified atom stereocenters. The average Bonchev–Trinajstić information content (AvgIpc) is 3.30. The largest absolute Gasteiger partial charge is 0.349 e. The molecule has 1 N–H and O–H groups in total. The number of amides is 1. The number of pyridine rings is 1. The SMILES string of the molecule is CN(C)C(=O)C1CCc2c(sc3ncnc(Nc4cnc5c(c4)C=NC5)c23)C1. The maximum Gasteiger partial charge on any atom is 0.225 e. The maximum absolute atomic E-state index is 12.4. The van der Waals surface area contributed by atoms with Gasteiger partial charge in [-0.3, -0.25) is 14.8 Å². The summed E-state index contributed by atoms with van der Waals surface area (Å²) in [4.78, 5) is 34.1. The Bertz CT molecular complexity index is 1120. The van der Waals surface area contributed by atoms with Gasteiger partial charge in [0.2, 0.25) is 5.91 Å². The van der Waals surface area contributed by atoms with Gasteiger partial charge in [-0.05, 0) is 30.9 Å². The standard InChI is InChI=1S/C20H20N6OS/c1-26(2)20(27)11-3-4-14-16(6-11)28-19-17(14)18(23-10-24-19)25-13-5-12-7-21-9-15(12)22-8-13/h5,7-8,10-11H,3-4,6,9H2,1-2H3,(H,23,24,25). The van der Waals surface area contributed by atoms with Crippen molar-refractivity contribution in [3.8, 4) is 0 Å². The number of aryl methyl sites for hydroxylation is 1. The average molecular weight is 392 g/mol. The van der Waals surface area contributed by atoms with Crippen molar-refractivity contribution >= 4 is 45.2 Å². The van der Waals surface area contributed by atoms with Crippen LogP contribution in [0.4, 0.5) is 11.5 Å². The van der Waals surface area contributed by atoms with Gasteiger partial charge in [0.1, 0.15) is 17.0 Å². The van der Waals surface area contributed by atoms with Crippen LogP contribution in [0, 0.1) is 5.92 Å². The zero-order valence-corrected chi connectivity index (χ0v) is 16.6. The van der Waals surface area contributed by atoms with E-state index in [0.717, 1.165) is 52.2 Å². The summed E-state index contributed by atoms with van der Waals surface area (Å²) in [6.45, 7) is 0.651. The lowest BCUT2D eigenvalue weighted by Gasteiger charge is -2.24. The van der Waals surface area contributed by atoms with Crippen LogP contribution in [-0.4, -0.2) is 46.1 Å². The van der Waals surface area contributed by atoms with Crippen LogP contribution in [0.25, 0.3) is 10.2 Å². The highest BCUT2D eigenvalue weighted by Crippen LogP contribution is 2.40. The van der Waals surface area contributed by atoms with Crippen molar-refractivity contribution in [2.75, 3.05) is 19.4 Å². The fourth-order valence-electron chi connectivity index (χ4n) is 3.97. The summed E-state index contributed by atoms with van der Waals surface area (Å²) in [5, 5.41) is 4.50. The Morgan fingerprint density at radius 2 is 2.18 bits per heavy atom. The summed E-state index contributed by atoms with van der Waals surface area (Å²) in [6, 6.07) is 2.05. The Kier molecular flexibility index (Phi) is 4.08. The Morgan fingerprint density at radius 3 is 3.04 bits per heavy atom. The zero-order chi connectivity index (χ0) is 19.3. The second kappa shape index (κ2) is 6.63. The molecule has 28 heavy (non-hydrogen) atoms. The third-order valence-corrected chi connectivity index (χ3v) is 6.54. The molecule has 4 heterocycles. The molecule has 0 spiro atoms. The number of nitrogens with one attached hydrogen (secondary N) is 1. The van der Waals surface area contributed by atoms with Crippen molar-refractivity contribution in [2.24, 2.45) is 10.9 Å². The third kappa shape index (κ3) is 2.84. The number of carbonyl (C=O) groups excluding carboxylic acids is 1. The summed E-state index contributed by atoms with van der Waals surface area (Å²) in [5.41, 5.74) is 4.22. The van der Waals surface area contributed by atoms with E-state index < -0.39 is 0 Å². The van der Waals surface area contributed by atoms with Gasteiger partial charge in [0.15, 0.2) is 0 Å². The van der Waals surface area contributed by atoms with Gasteiger partial charge in [-0.15, -0.1) is 11.3 Å². The smallest absolute Gasteiger partial charge is 0.225 e. The monoisotopic (exact) mass is 392 g/mol. The van der Waals surface area contributed by atoms with E-state index in [9.17, 15) is 4.79 Å². The molecule has 0 radical (unpaired) electrons. The van der Waals surface area contributed by atoms with Gasteiger partial charge in [-0.2, -0.15) is 0 Å². The van der Waals surface area contributed by atoms with Gasteiger partial charge in [-0.1, -0.05) is 0 Å². The van der Waals surface area contributed by atoms with Crippen molar-refractivity contribution in [2.45, 2.75) is 25.8 Å². The molecule has 1 aliphatic heterocycles. The van der Waals surface area contributed by atoms with E-state index >= 15 is 0 Å². The zero-order valence-electron chi connectivity index (χ0n) is 15.8. The molecule has 0 saturated carbocycles. The Hall–Kier alpha value is -2.87. The van der Waals surface area contributed by atoms with Crippen LogP contribution >= 0.6 is 11.3 Å². The first-order valence-corrected chi connectivity index (χ1v) is 10.1. The molecule has 1 aliphatic carbocycles. The van der Waals surface area contributed by atoms with E-state index in [0.29, 0.717) is 6.54 Å². The molecule has 3 aromatic rings. The van der Waals surface area contributed by atoms with Crippen molar-refractivity contribution in [3.05, 3.63) is 40.3 Å². The number of rotatable bonds is 3. The molecule has 1 amide bonds. The summed E-state index contributed by atoms with van der Waals surface area (Å²) in [7, 11) is 3.65. The number of nitrogens with zero attached hydrogens (tertiary/aromatic N) is 5. The highest BCUT2D eigenvalue weighted by molar-refractivity contribution is 7.19. The number of carbonyl (C=O) groups is 1. The minimum atomic E-state index is 0.0557. The van der Waals surface area contributed by atoms with Crippen molar-refractivity contribution < 1.29 is 4.79 Å². The van der Waals surface area contributed by atoms with Crippen molar-refractivity contribution in [1.82, 2.24) is 19.9 Å². The van der Waals surface area contributed by atoms with E-state index in [-0.39, 0.29) is 11.8 Å². The van der Waals surface area contributed by atoms with Crippen molar-refractivity contribution in [1.29, 1.82) is 0 Å². The van der Waals surface area contributed by atoms with E-state index in [2.05, 4.69) is 31.3 Å². The van der Waals surface area contributed by atoms with E-state index in [1.54, 1.807) is 22.6 Å². The number of aromatic nitrogens is 3. The van der Waals surface area contributed by atoms with Crippen LogP contribution in [0.1, 0.15) is 28.1 Å². The number of hydrogen-bond acceptors (Lipinski definition) is 7. The maximum atomic E-state index is 12.4. The molecule has 0 bridgehead atoms. The molecular formula is C20H20N6OS. The number of anilines is 2. The summed E-state index contributed by atoms with van der Waals surface area (Å²) >= 11 is 1.68. The highest BCUT2D eigenvalue weighted by Gasteiger charge is 2.29. The minimum Gasteiger partial charge on any atom is -0.349 e. The number of thiophene rings is 1. The molecule has 2 aliphatic rings. The van der Waals surface area contributed by atoms with Gasteiger partial charge in [0, 0.05) is 36.7 Å². The quantitative estimate of drug-likeness (QED) is 0.741. The summed E-state index contributed by atoms with van der Waals surface area (Å²) < 4.78 is 0. The lowest BCUT2D eigenvalue weighted by molar-refractivity contribution is -0.133. The molecule has 7 nitrogen and oxygen atoms in total. The number of hydrogen-bond donors (Lipinski definition) is 1. The Balaban J connectivity index is 1.50. The Labute approximate surface area is 166 Å². The predicted octanol–water partition coefficient (Wildman–Crippen LogP) is 2.96. The van der Waals surface area contributed by atoms with Crippen LogP contribution < -0.4 is 5.32 Å². The molecule has 5 rings (SSSR count).